The van der Waals surface area contributed by atoms with Gasteiger partial charge in [-0.1, -0.05) is 0 Å². The number of methoxy groups -OCH3 is 1. The Kier molecular flexibility index (Phi) is 4.18. The summed E-state index contributed by atoms with van der Waals surface area (Å²) in [5.74, 6) is 0.885. The van der Waals surface area contributed by atoms with Gasteiger partial charge in [-0.05, 0) is 32.0 Å². The van der Waals surface area contributed by atoms with Crippen LogP contribution in [0.1, 0.15) is 24.2 Å². The van der Waals surface area contributed by atoms with Gasteiger partial charge in [0, 0.05) is 35.8 Å². The van der Waals surface area contributed by atoms with Gasteiger partial charge in [0.2, 0.25) is 0 Å². The number of aromatic amines is 1. The van der Waals surface area contributed by atoms with E-state index < -0.39 is 0 Å². The maximum absolute atomic E-state index is 12.7. The maximum atomic E-state index is 12.7. The van der Waals surface area contributed by atoms with Crippen LogP contribution in [0.4, 0.5) is 0 Å². The number of carbonyl (C=O) groups is 1. The fourth-order valence-corrected chi connectivity index (χ4v) is 3.16. The van der Waals surface area contributed by atoms with Gasteiger partial charge in [0.05, 0.1) is 25.9 Å². The van der Waals surface area contributed by atoms with Crippen molar-refractivity contribution in [3.63, 3.8) is 0 Å². The number of ketones is 1. The lowest BCUT2D eigenvalue weighted by molar-refractivity contribution is -0.0652. The van der Waals surface area contributed by atoms with Gasteiger partial charge in [0.15, 0.2) is 5.78 Å². The van der Waals surface area contributed by atoms with Gasteiger partial charge in [-0.2, -0.15) is 0 Å². The molecule has 1 fully saturated rings. The number of morpholine rings is 1. The minimum atomic E-state index is 0.126. The lowest BCUT2D eigenvalue weighted by Gasteiger charge is -2.34. The lowest BCUT2D eigenvalue weighted by Crippen LogP contribution is -2.47. The molecule has 1 aliphatic heterocycles. The monoisotopic (exact) mass is 302 g/mol. The first-order chi connectivity index (χ1) is 10.6. The topological polar surface area (TPSA) is 54.6 Å². The van der Waals surface area contributed by atoms with Crippen LogP contribution < -0.4 is 4.74 Å². The molecule has 0 spiro atoms. The Labute approximate surface area is 130 Å². The summed E-state index contributed by atoms with van der Waals surface area (Å²) in [4.78, 5) is 18.0. The average molecular weight is 302 g/mol. The Bertz CT molecular complexity index is 670. The summed E-state index contributed by atoms with van der Waals surface area (Å²) >= 11 is 0. The molecule has 1 N–H and O–H groups in total. The van der Waals surface area contributed by atoms with Gasteiger partial charge in [-0.25, -0.2) is 0 Å². The minimum absolute atomic E-state index is 0.126. The van der Waals surface area contributed by atoms with E-state index in [0.717, 1.165) is 35.3 Å². The summed E-state index contributed by atoms with van der Waals surface area (Å²) in [5.41, 5.74) is 1.67. The zero-order chi connectivity index (χ0) is 15.7. The third kappa shape index (κ3) is 3.00. The summed E-state index contributed by atoms with van der Waals surface area (Å²) in [6, 6.07) is 5.73. The van der Waals surface area contributed by atoms with Gasteiger partial charge in [0.1, 0.15) is 5.75 Å². The third-order valence-corrected chi connectivity index (χ3v) is 4.05. The molecule has 3 rings (SSSR count). The normalized spacial score (nSPS) is 22.9. The van der Waals surface area contributed by atoms with Crippen LogP contribution in [0.2, 0.25) is 0 Å². The predicted octanol–water partition coefficient (Wildman–Crippen LogP) is 2.47. The molecule has 1 aromatic carbocycles. The van der Waals surface area contributed by atoms with Crippen LogP contribution in [0.25, 0.3) is 10.9 Å². The van der Waals surface area contributed by atoms with E-state index in [-0.39, 0.29) is 18.0 Å². The van der Waals surface area contributed by atoms with Crippen molar-refractivity contribution in [2.75, 3.05) is 26.7 Å². The van der Waals surface area contributed by atoms with E-state index in [0.29, 0.717) is 6.54 Å². The molecule has 0 amide bonds. The molecule has 2 aromatic rings. The molecular formula is C17H22N2O3. The molecule has 5 heteroatoms. The number of aromatic nitrogens is 1. The van der Waals surface area contributed by atoms with E-state index in [9.17, 15) is 4.79 Å². The van der Waals surface area contributed by atoms with E-state index in [1.54, 1.807) is 13.3 Å². The van der Waals surface area contributed by atoms with Gasteiger partial charge in [0.25, 0.3) is 0 Å². The van der Waals surface area contributed by atoms with E-state index in [1.165, 1.54) is 0 Å². The molecule has 1 aromatic heterocycles. The second-order valence-corrected chi connectivity index (χ2v) is 5.99. The van der Waals surface area contributed by atoms with Crippen molar-refractivity contribution in [1.82, 2.24) is 9.88 Å². The number of rotatable bonds is 4. The average Bonchev–Trinajstić information content (AvgIpc) is 2.88. The Balaban J connectivity index is 1.80. The molecule has 22 heavy (non-hydrogen) atoms. The van der Waals surface area contributed by atoms with Gasteiger partial charge >= 0.3 is 0 Å². The molecule has 0 saturated carbocycles. The van der Waals surface area contributed by atoms with Gasteiger partial charge in [-0.3, -0.25) is 9.69 Å². The van der Waals surface area contributed by atoms with Crippen molar-refractivity contribution in [2.24, 2.45) is 0 Å². The molecule has 0 radical (unpaired) electrons. The molecular weight excluding hydrogens is 280 g/mol. The highest BCUT2D eigenvalue weighted by atomic mass is 16.5. The standard InChI is InChI=1S/C17H22N2O3/c1-11-8-19(9-12(2)22-11)10-17(20)15-7-18-16-5-4-13(21-3)6-14(15)16/h4-7,11-12,18H,8-10H2,1-3H3/t11-,12+. The zero-order valence-corrected chi connectivity index (χ0v) is 13.3. The van der Waals surface area contributed by atoms with Crippen LogP contribution in [0, 0.1) is 0 Å². The Morgan fingerprint density at radius 3 is 2.77 bits per heavy atom. The number of hydrogen-bond donors (Lipinski definition) is 1. The largest absolute Gasteiger partial charge is 0.497 e. The van der Waals surface area contributed by atoms with Crippen LogP contribution in [-0.2, 0) is 4.74 Å². The zero-order valence-electron chi connectivity index (χ0n) is 13.3. The van der Waals surface area contributed by atoms with Crippen molar-refractivity contribution < 1.29 is 14.3 Å². The summed E-state index contributed by atoms with van der Waals surface area (Å²) in [7, 11) is 1.63. The minimum Gasteiger partial charge on any atom is -0.497 e. The van der Waals surface area contributed by atoms with Crippen LogP contribution in [-0.4, -0.2) is 54.6 Å². The second kappa shape index (κ2) is 6.10. The SMILES string of the molecule is COc1ccc2[nH]cc(C(=O)CN3C[C@@H](C)O[C@@H](C)C3)c2c1. The summed E-state index contributed by atoms with van der Waals surface area (Å²) in [6.07, 6.45) is 2.12. The predicted molar refractivity (Wildman–Crippen MR) is 85.6 cm³/mol. The quantitative estimate of drug-likeness (QED) is 0.882. The Morgan fingerprint density at radius 2 is 2.09 bits per heavy atom. The highest BCUT2D eigenvalue weighted by Gasteiger charge is 2.24. The van der Waals surface area contributed by atoms with Crippen molar-refractivity contribution in [1.29, 1.82) is 0 Å². The summed E-state index contributed by atoms with van der Waals surface area (Å²) < 4.78 is 11.0. The number of ether oxygens (including phenoxy) is 2. The van der Waals surface area contributed by atoms with E-state index >= 15 is 0 Å². The molecule has 2 heterocycles. The summed E-state index contributed by atoms with van der Waals surface area (Å²) in [5, 5.41) is 0.915. The van der Waals surface area contributed by atoms with Crippen molar-refractivity contribution in [2.45, 2.75) is 26.1 Å². The third-order valence-electron chi connectivity index (χ3n) is 4.05. The molecule has 2 atom stereocenters. The molecule has 1 aliphatic rings. The lowest BCUT2D eigenvalue weighted by atomic mass is 10.1. The highest BCUT2D eigenvalue weighted by Crippen LogP contribution is 2.24. The van der Waals surface area contributed by atoms with Crippen LogP contribution in [0.15, 0.2) is 24.4 Å². The van der Waals surface area contributed by atoms with Gasteiger partial charge in [-0.15, -0.1) is 0 Å². The smallest absolute Gasteiger partial charge is 0.178 e. The number of nitrogens with one attached hydrogen (secondary N) is 1. The Hall–Kier alpha value is -1.85. The summed E-state index contributed by atoms with van der Waals surface area (Å²) in [6.45, 7) is 6.10. The fourth-order valence-electron chi connectivity index (χ4n) is 3.16. The molecule has 5 nitrogen and oxygen atoms in total. The Morgan fingerprint density at radius 1 is 1.36 bits per heavy atom. The highest BCUT2D eigenvalue weighted by molar-refractivity contribution is 6.09. The first kappa shape index (κ1) is 15.1. The molecule has 0 bridgehead atoms. The van der Waals surface area contributed by atoms with E-state index in [2.05, 4.69) is 9.88 Å². The molecule has 0 aliphatic carbocycles. The number of Topliss-reactive ketones (excluding diaryl/α,β-unsaturated/α-hetero) is 1. The van der Waals surface area contributed by atoms with E-state index in [4.69, 9.17) is 9.47 Å². The van der Waals surface area contributed by atoms with Crippen molar-refractivity contribution in [3.8, 4) is 5.75 Å². The van der Waals surface area contributed by atoms with Crippen LogP contribution >= 0.6 is 0 Å². The number of carbonyl (C=O) groups excluding carboxylic acids is 1. The molecule has 118 valence electrons. The van der Waals surface area contributed by atoms with Crippen LogP contribution in [0.5, 0.6) is 5.75 Å². The molecule has 0 unspecified atom stereocenters. The van der Waals surface area contributed by atoms with Crippen molar-refractivity contribution >= 4 is 16.7 Å². The first-order valence-electron chi connectivity index (χ1n) is 7.63. The number of benzene rings is 1. The first-order valence-corrected chi connectivity index (χ1v) is 7.63. The van der Waals surface area contributed by atoms with Gasteiger partial charge < -0.3 is 14.5 Å². The number of H-pyrrole nitrogens is 1. The van der Waals surface area contributed by atoms with Crippen molar-refractivity contribution in [3.05, 3.63) is 30.0 Å². The number of fused-ring (bicyclic) bond motifs is 1. The van der Waals surface area contributed by atoms with Crippen LogP contribution in [0.3, 0.4) is 0 Å². The van der Waals surface area contributed by atoms with E-state index in [1.807, 2.05) is 32.0 Å². The number of hydrogen-bond acceptors (Lipinski definition) is 4. The fraction of sp³-hybridized carbons (Fsp3) is 0.471. The number of nitrogens with zero attached hydrogens (tertiary/aromatic N) is 1. The maximum Gasteiger partial charge on any atom is 0.178 e. The second-order valence-electron chi connectivity index (χ2n) is 5.99. The molecule has 1 saturated heterocycles.